The van der Waals surface area contributed by atoms with Crippen LogP contribution in [0.25, 0.3) is 10.9 Å². The van der Waals surface area contributed by atoms with Crippen LogP contribution in [0.5, 0.6) is 5.75 Å². The molecule has 3 rings (SSSR count). The van der Waals surface area contributed by atoms with Gasteiger partial charge >= 0.3 is 0 Å². The van der Waals surface area contributed by atoms with Gasteiger partial charge in [0.25, 0.3) is 0 Å². The van der Waals surface area contributed by atoms with Crippen molar-refractivity contribution in [2.45, 2.75) is 19.3 Å². The van der Waals surface area contributed by atoms with Gasteiger partial charge in [-0.3, -0.25) is 0 Å². The number of nitrogens with one attached hydrogen (secondary N) is 1. The number of ether oxygens (including phenoxy) is 1. The van der Waals surface area contributed by atoms with Crippen molar-refractivity contribution in [3.8, 4) is 5.75 Å². The van der Waals surface area contributed by atoms with Crippen LogP contribution in [0.2, 0.25) is 5.02 Å². The van der Waals surface area contributed by atoms with E-state index in [0.29, 0.717) is 18.2 Å². The first kappa shape index (κ1) is 15.9. The van der Waals surface area contributed by atoms with Crippen molar-refractivity contribution in [1.29, 1.82) is 0 Å². The standard InChI is InChI=1S/C19H21ClN2O/c1-2-23-19-8-7-13(10-17(19)20)14(11-21)9-15-12-22-18-6-4-3-5-16(15)18/h3-8,10,12,14,22H,2,9,11,21H2,1H3. The first-order valence-corrected chi connectivity index (χ1v) is 8.28. The van der Waals surface area contributed by atoms with E-state index < -0.39 is 0 Å². The van der Waals surface area contributed by atoms with Crippen LogP contribution in [0.15, 0.2) is 48.7 Å². The van der Waals surface area contributed by atoms with Gasteiger partial charge < -0.3 is 15.5 Å². The lowest BCUT2D eigenvalue weighted by atomic mass is 9.92. The Bertz CT molecular complexity index is 797. The zero-order valence-corrected chi connectivity index (χ0v) is 13.9. The number of H-pyrrole nitrogens is 1. The molecule has 4 heteroatoms. The molecule has 120 valence electrons. The fraction of sp³-hybridized carbons (Fsp3) is 0.263. The van der Waals surface area contributed by atoms with Crippen LogP contribution in [-0.2, 0) is 6.42 Å². The molecule has 0 aliphatic rings. The van der Waals surface area contributed by atoms with Gasteiger partial charge in [0.15, 0.2) is 0 Å². The molecule has 0 radical (unpaired) electrons. The largest absolute Gasteiger partial charge is 0.492 e. The van der Waals surface area contributed by atoms with Gasteiger partial charge in [0, 0.05) is 23.0 Å². The zero-order valence-electron chi connectivity index (χ0n) is 13.2. The minimum absolute atomic E-state index is 0.224. The van der Waals surface area contributed by atoms with Crippen molar-refractivity contribution in [3.05, 3.63) is 64.8 Å². The molecular weight excluding hydrogens is 308 g/mol. The van der Waals surface area contributed by atoms with Gasteiger partial charge in [0.1, 0.15) is 5.75 Å². The summed E-state index contributed by atoms with van der Waals surface area (Å²) in [5.74, 6) is 0.947. The molecule has 3 N–H and O–H groups in total. The average molecular weight is 329 g/mol. The van der Waals surface area contributed by atoms with E-state index in [1.807, 2.05) is 25.1 Å². The first-order valence-electron chi connectivity index (χ1n) is 7.90. The molecule has 0 bridgehead atoms. The Morgan fingerprint density at radius 1 is 1.22 bits per heavy atom. The minimum atomic E-state index is 0.224. The molecule has 0 saturated carbocycles. The Morgan fingerprint density at radius 2 is 2.04 bits per heavy atom. The minimum Gasteiger partial charge on any atom is -0.492 e. The Hall–Kier alpha value is -1.97. The second-order valence-corrected chi connectivity index (χ2v) is 6.03. The first-order chi connectivity index (χ1) is 11.2. The predicted molar refractivity (Wildman–Crippen MR) is 96.4 cm³/mol. The fourth-order valence-electron chi connectivity index (χ4n) is 2.95. The van der Waals surface area contributed by atoms with Gasteiger partial charge in [0.05, 0.1) is 11.6 Å². The van der Waals surface area contributed by atoms with Crippen LogP contribution in [0.1, 0.15) is 24.0 Å². The Labute approximate surface area is 141 Å². The summed E-state index contributed by atoms with van der Waals surface area (Å²) >= 11 is 6.31. The molecule has 1 heterocycles. The van der Waals surface area contributed by atoms with E-state index >= 15 is 0 Å². The SMILES string of the molecule is CCOc1ccc(C(CN)Cc2c[nH]c3ccccc23)cc1Cl. The lowest BCUT2D eigenvalue weighted by Crippen LogP contribution is -2.15. The van der Waals surface area contributed by atoms with Crippen LogP contribution in [-0.4, -0.2) is 18.1 Å². The summed E-state index contributed by atoms with van der Waals surface area (Å²) in [5.41, 5.74) is 9.61. The van der Waals surface area contributed by atoms with Gasteiger partial charge in [-0.2, -0.15) is 0 Å². The van der Waals surface area contributed by atoms with Crippen molar-refractivity contribution < 1.29 is 4.74 Å². The highest BCUT2D eigenvalue weighted by atomic mass is 35.5. The number of nitrogens with two attached hydrogens (primary N) is 1. The topological polar surface area (TPSA) is 51.0 Å². The lowest BCUT2D eigenvalue weighted by molar-refractivity contribution is 0.340. The van der Waals surface area contributed by atoms with Crippen LogP contribution >= 0.6 is 11.6 Å². The van der Waals surface area contributed by atoms with Gasteiger partial charge in [-0.15, -0.1) is 0 Å². The molecule has 0 aliphatic heterocycles. The third-order valence-electron chi connectivity index (χ3n) is 4.15. The summed E-state index contributed by atoms with van der Waals surface area (Å²) < 4.78 is 5.50. The maximum Gasteiger partial charge on any atom is 0.137 e. The van der Waals surface area contributed by atoms with Crippen molar-refractivity contribution in [2.24, 2.45) is 5.73 Å². The smallest absolute Gasteiger partial charge is 0.137 e. The molecule has 0 fully saturated rings. The van der Waals surface area contributed by atoms with E-state index in [1.54, 1.807) is 0 Å². The third kappa shape index (κ3) is 3.36. The fourth-order valence-corrected chi connectivity index (χ4v) is 3.19. The highest BCUT2D eigenvalue weighted by molar-refractivity contribution is 6.32. The molecule has 3 nitrogen and oxygen atoms in total. The molecule has 1 unspecified atom stereocenters. The van der Waals surface area contributed by atoms with Gasteiger partial charge in [0.2, 0.25) is 0 Å². The second-order valence-electron chi connectivity index (χ2n) is 5.62. The van der Waals surface area contributed by atoms with Gasteiger partial charge in [-0.05, 0) is 49.2 Å². The third-order valence-corrected chi connectivity index (χ3v) is 4.45. The number of fused-ring (bicyclic) bond motifs is 1. The molecule has 3 aromatic rings. The number of aromatic amines is 1. The Morgan fingerprint density at radius 3 is 2.78 bits per heavy atom. The van der Waals surface area contributed by atoms with E-state index in [4.69, 9.17) is 22.1 Å². The van der Waals surface area contributed by atoms with Crippen LogP contribution in [0.3, 0.4) is 0 Å². The number of hydrogen-bond donors (Lipinski definition) is 2. The molecule has 23 heavy (non-hydrogen) atoms. The van der Waals surface area contributed by atoms with Gasteiger partial charge in [-0.1, -0.05) is 35.9 Å². The molecular formula is C19H21ClN2O. The summed E-state index contributed by atoms with van der Waals surface area (Å²) in [6.07, 6.45) is 2.95. The van der Waals surface area contributed by atoms with E-state index in [1.165, 1.54) is 10.9 Å². The Balaban J connectivity index is 1.86. The van der Waals surface area contributed by atoms with E-state index in [-0.39, 0.29) is 5.92 Å². The highest BCUT2D eigenvalue weighted by Crippen LogP contribution is 2.31. The number of rotatable bonds is 6. The summed E-state index contributed by atoms with van der Waals surface area (Å²) in [4.78, 5) is 3.32. The maximum atomic E-state index is 6.31. The van der Waals surface area contributed by atoms with Crippen molar-refractivity contribution in [2.75, 3.05) is 13.2 Å². The summed E-state index contributed by atoms with van der Waals surface area (Å²) in [7, 11) is 0. The van der Waals surface area contributed by atoms with Crippen LogP contribution in [0, 0.1) is 0 Å². The van der Waals surface area contributed by atoms with E-state index in [9.17, 15) is 0 Å². The Kier molecular flexibility index (Phi) is 4.89. The number of hydrogen-bond acceptors (Lipinski definition) is 2. The zero-order chi connectivity index (χ0) is 16.2. The number of aromatic nitrogens is 1. The summed E-state index contributed by atoms with van der Waals surface area (Å²) in [6, 6.07) is 14.3. The lowest BCUT2D eigenvalue weighted by Gasteiger charge is -2.16. The summed E-state index contributed by atoms with van der Waals surface area (Å²) in [5, 5.41) is 1.89. The van der Waals surface area contributed by atoms with Crippen LogP contribution in [0.4, 0.5) is 0 Å². The molecule has 0 aliphatic carbocycles. The van der Waals surface area contributed by atoms with Crippen molar-refractivity contribution in [1.82, 2.24) is 4.98 Å². The van der Waals surface area contributed by atoms with Gasteiger partial charge in [-0.25, -0.2) is 0 Å². The molecule has 1 atom stereocenters. The highest BCUT2D eigenvalue weighted by Gasteiger charge is 2.15. The monoisotopic (exact) mass is 328 g/mol. The normalized spacial score (nSPS) is 12.5. The predicted octanol–water partition coefficient (Wildman–Crippen LogP) is 4.51. The molecule has 0 saturated heterocycles. The van der Waals surface area contributed by atoms with Crippen molar-refractivity contribution in [3.63, 3.8) is 0 Å². The van der Waals surface area contributed by atoms with Crippen molar-refractivity contribution >= 4 is 22.5 Å². The summed E-state index contributed by atoms with van der Waals surface area (Å²) in [6.45, 7) is 3.13. The average Bonchev–Trinajstić information content (AvgIpc) is 2.98. The quantitative estimate of drug-likeness (QED) is 0.699. The molecule has 1 aromatic heterocycles. The molecule has 0 amide bonds. The van der Waals surface area contributed by atoms with E-state index in [0.717, 1.165) is 23.3 Å². The maximum absolute atomic E-state index is 6.31. The van der Waals surface area contributed by atoms with E-state index in [2.05, 4.69) is 35.4 Å². The second kappa shape index (κ2) is 7.07. The molecule has 2 aromatic carbocycles. The van der Waals surface area contributed by atoms with Crippen LogP contribution < -0.4 is 10.5 Å². The number of benzene rings is 2. The molecule has 0 spiro atoms. The number of para-hydroxylation sites is 1. The number of halogens is 1.